The molecule has 4 rings (SSSR count). The van der Waals surface area contributed by atoms with Crippen LogP contribution in [0.5, 0.6) is 0 Å². The molecule has 0 unspecified atom stereocenters. The lowest BCUT2D eigenvalue weighted by Gasteiger charge is -2.23. The van der Waals surface area contributed by atoms with Crippen molar-refractivity contribution in [2.24, 2.45) is 0 Å². The summed E-state index contributed by atoms with van der Waals surface area (Å²) in [5.74, 6) is 0.435. The number of aromatic nitrogens is 2. The zero-order chi connectivity index (χ0) is 24.7. The van der Waals surface area contributed by atoms with E-state index in [0.29, 0.717) is 36.0 Å². The Labute approximate surface area is 196 Å². The Kier molecular flexibility index (Phi) is 6.56. The van der Waals surface area contributed by atoms with Crippen LogP contribution in [0.15, 0.2) is 18.2 Å². The number of rotatable bonds is 7. The molecule has 1 atom stereocenters. The lowest BCUT2D eigenvalue weighted by molar-refractivity contribution is -0.138. The predicted octanol–water partition coefficient (Wildman–Crippen LogP) is 4.48. The molecule has 2 heterocycles. The van der Waals surface area contributed by atoms with Crippen LogP contribution in [0.2, 0.25) is 0 Å². The standard InChI is InChI=1S/C24H29F3N4O3/c1-13-16(6-5-7-18(13)24(25,26)27)14(2)28-21-17(12-19-33-10-11-34-19)20(29-15(3)30-21)22(32)31-23(4)8-9-23/h5-7,14,19H,8-12H2,1-4H3,(H,31,32)(H,28,29,30)/t14-/m1/s1. The molecular weight excluding hydrogens is 449 g/mol. The highest BCUT2D eigenvalue weighted by Crippen LogP contribution is 2.37. The molecule has 7 nitrogen and oxygen atoms in total. The van der Waals surface area contributed by atoms with E-state index in [9.17, 15) is 18.0 Å². The minimum Gasteiger partial charge on any atom is -0.363 e. The van der Waals surface area contributed by atoms with Crippen molar-refractivity contribution in [2.45, 2.75) is 71.0 Å². The monoisotopic (exact) mass is 478 g/mol. The van der Waals surface area contributed by atoms with E-state index in [1.807, 2.05) is 6.92 Å². The number of hydrogen-bond donors (Lipinski definition) is 2. The number of benzene rings is 1. The van der Waals surface area contributed by atoms with Crippen LogP contribution in [0, 0.1) is 13.8 Å². The van der Waals surface area contributed by atoms with Gasteiger partial charge in [-0.3, -0.25) is 4.79 Å². The quantitative estimate of drug-likeness (QED) is 0.610. The number of amides is 1. The van der Waals surface area contributed by atoms with Gasteiger partial charge in [-0.15, -0.1) is 0 Å². The molecule has 1 aromatic heterocycles. The van der Waals surface area contributed by atoms with E-state index < -0.39 is 24.1 Å². The molecule has 1 saturated heterocycles. The van der Waals surface area contributed by atoms with E-state index >= 15 is 0 Å². The Morgan fingerprint density at radius 2 is 1.88 bits per heavy atom. The number of anilines is 1. The SMILES string of the molecule is Cc1nc(N[C@H](C)c2cccc(C(F)(F)F)c2C)c(CC2OCCO2)c(C(=O)NC2(C)CC2)n1. The van der Waals surface area contributed by atoms with Gasteiger partial charge in [-0.05, 0) is 57.7 Å². The van der Waals surface area contributed by atoms with Gasteiger partial charge in [0.15, 0.2) is 6.29 Å². The molecule has 1 aromatic carbocycles. The summed E-state index contributed by atoms with van der Waals surface area (Å²) in [7, 11) is 0. The summed E-state index contributed by atoms with van der Waals surface area (Å²) < 4.78 is 51.5. The summed E-state index contributed by atoms with van der Waals surface area (Å²) in [5, 5.41) is 6.25. The van der Waals surface area contributed by atoms with Crippen molar-refractivity contribution in [2.75, 3.05) is 18.5 Å². The molecule has 0 radical (unpaired) electrons. The third-order valence-electron chi connectivity index (χ3n) is 6.31. The molecule has 2 aliphatic rings. The number of ether oxygens (including phenoxy) is 2. The number of aryl methyl sites for hydroxylation is 1. The highest BCUT2D eigenvalue weighted by Gasteiger charge is 2.40. The molecule has 184 valence electrons. The van der Waals surface area contributed by atoms with Crippen molar-refractivity contribution in [3.8, 4) is 0 Å². The Bertz CT molecular complexity index is 1080. The average Bonchev–Trinajstić information content (AvgIpc) is 3.24. The van der Waals surface area contributed by atoms with Crippen molar-refractivity contribution in [1.29, 1.82) is 0 Å². The molecule has 1 aliphatic heterocycles. The normalized spacial score (nSPS) is 18.6. The average molecular weight is 479 g/mol. The fourth-order valence-electron chi connectivity index (χ4n) is 4.15. The van der Waals surface area contributed by atoms with Crippen LogP contribution in [-0.4, -0.2) is 40.9 Å². The van der Waals surface area contributed by atoms with Crippen LogP contribution in [0.4, 0.5) is 19.0 Å². The van der Waals surface area contributed by atoms with Crippen LogP contribution in [0.1, 0.15) is 71.3 Å². The predicted molar refractivity (Wildman–Crippen MR) is 119 cm³/mol. The van der Waals surface area contributed by atoms with Gasteiger partial charge in [0.05, 0.1) is 24.8 Å². The van der Waals surface area contributed by atoms with Gasteiger partial charge in [0, 0.05) is 17.5 Å². The third kappa shape index (κ3) is 5.33. The number of halogens is 3. The second kappa shape index (κ2) is 9.14. The molecule has 2 N–H and O–H groups in total. The van der Waals surface area contributed by atoms with Gasteiger partial charge in [0.2, 0.25) is 0 Å². The Balaban J connectivity index is 1.69. The van der Waals surface area contributed by atoms with E-state index in [-0.39, 0.29) is 29.1 Å². The van der Waals surface area contributed by atoms with Gasteiger partial charge in [-0.2, -0.15) is 13.2 Å². The van der Waals surface area contributed by atoms with Crippen LogP contribution in [0.25, 0.3) is 0 Å². The summed E-state index contributed by atoms with van der Waals surface area (Å²) in [5.41, 5.74) is 0.435. The second-order valence-corrected chi connectivity index (χ2v) is 9.22. The number of carbonyl (C=O) groups excluding carboxylic acids is 1. The summed E-state index contributed by atoms with van der Waals surface area (Å²) in [6.07, 6.45) is -2.98. The van der Waals surface area contributed by atoms with Gasteiger partial charge in [0.25, 0.3) is 5.91 Å². The number of hydrogen-bond acceptors (Lipinski definition) is 6. The van der Waals surface area contributed by atoms with Crippen LogP contribution in [0.3, 0.4) is 0 Å². The molecule has 1 amide bonds. The number of carbonyl (C=O) groups is 1. The Morgan fingerprint density at radius 3 is 2.50 bits per heavy atom. The van der Waals surface area contributed by atoms with Crippen molar-refractivity contribution in [3.63, 3.8) is 0 Å². The molecule has 0 spiro atoms. The van der Waals surface area contributed by atoms with Gasteiger partial charge in [-0.1, -0.05) is 12.1 Å². The Hall–Kier alpha value is -2.72. The highest BCUT2D eigenvalue weighted by atomic mass is 19.4. The maximum Gasteiger partial charge on any atom is 0.416 e. The maximum absolute atomic E-state index is 13.4. The molecule has 0 bridgehead atoms. The van der Waals surface area contributed by atoms with Crippen molar-refractivity contribution < 1.29 is 27.4 Å². The summed E-state index contributed by atoms with van der Waals surface area (Å²) in [6.45, 7) is 7.75. The fraction of sp³-hybridized carbons (Fsp3) is 0.542. The van der Waals surface area contributed by atoms with E-state index in [2.05, 4.69) is 20.6 Å². The topological polar surface area (TPSA) is 85.4 Å². The van der Waals surface area contributed by atoms with Crippen molar-refractivity contribution >= 4 is 11.7 Å². The van der Waals surface area contributed by atoms with Crippen LogP contribution < -0.4 is 10.6 Å². The third-order valence-corrected chi connectivity index (χ3v) is 6.31. The van der Waals surface area contributed by atoms with E-state index in [4.69, 9.17) is 9.47 Å². The first-order valence-electron chi connectivity index (χ1n) is 11.3. The largest absolute Gasteiger partial charge is 0.416 e. The van der Waals surface area contributed by atoms with Crippen molar-refractivity contribution in [1.82, 2.24) is 15.3 Å². The smallest absolute Gasteiger partial charge is 0.363 e. The van der Waals surface area contributed by atoms with Gasteiger partial charge >= 0.3 is 6.18 Å². The lowest BCUT2D eigenvalue weighted by atomic mass is 9.97. The Morgan fingerprint density at radius 1 is 1.21 bits per heavy atom. The molecule has 34 heavy (non-hydrogen) atoms. The highest BCUT2D eigenvalue weighted by molar-refractivity contribution is 5.95. The summed E-state index contributed by atoms with van der Waals surface area (Å²) in [4.78, 5) is 22.0. The fourth-order valence-corrected chi connectivity index (χ4v) is 4.15. The zero-order valence-corrected chi connectivity index (χ0v) is 19.7. The number of nitrogens with zero attached hydrogens (tertiary/aromatic N) is 2. The first-order valence-corrected chi connectivity index (χ1v) is 11.3. The van der Waals surface area contributed by atoms with Crippen LogP contribution >= 0.6 is 0 Å². The first-order chi connectivity index (χ1) is 16.0. The molecule has 10 heteroatoms. The lowest BCUT2D eigenvalue weighted by Crippen LogP contribution is -2.36. The molecule has 2 aromatic rings. The molecule has 2 fully saturated rings. The van der Waals surface area contributed by atoms with E-state index in [1.165, 1.54) is 13.0 Å². The number of nitrogens with one attached hydrogen (secondary N) is 2. The summed E-state index contributed by atoms with van der Waals surface area (Å²) >= 11 is 0. The first kappa shape index (κ1) is 24.4. The van der Waals surface area contributed by atoms with Gasteiger partial charge in [-0.25, -0.2) is 9.97 Å². The summed E-state index contributed by atoms with van der Waals surface area (Å²) in [6, 6.07) is 3.60. The number of alkyl halides is 3. The van der Waals surface area contributed by atoms with Crippen molar-refractivity contribution in [3.05, 3.63) is 52.0 Å². The zero-order valence-electron chi connectivity index (χ0n) is 19.7. The van der Waals surface area contributed by atoms with Crippen LogP contribution in [-0.2, 0) is 22.1 Å². The molecular formula is C24H29F3N4O3. The maximum atomic E-state index is 13.4. The molecule has 1 saturated carbocycles. The minimum absolute atomic E-state index is 0.143. The molecule has 1 aliphatic carbocycles. The van der Waals surface area contributed by atoms with E-state index in [1.54, 1.807) is 19.9 Å². The van der Waals surface area contributed by atoms with Gasteiger partial charge in [0.1, 0.15) is 17.3 Å². The van der Waals surface area contributed by atoms with E-state index in [0.717, 1.165) is 18.9 Å². The second-order valence-electron chi connectivity index (χ2n) is 9.22. The van der Waals surface area contributed by atoms with Gasteiger partial charge < -0.3 is 20.1 Å². The minimum atomic E-state index is -4.45.